The van der Waals surface area contributed by atoms with Gasteiger partial charge in [0.05, 0.1) is 29.9 Å². The number of nitrogens with one attached hydrogen (secondary N) is 1. The molecule has 1 aromatic carbocycles. The third kappa shape index (κ3) is 5.31. The Labute approximate surface area is 187 Å². The van der Waals surface area contributed by atoms with Crippen LogP contribution in [-0.2, 0) is 16.6 Å². The first-order valence-electron chi connectivity index (χ1n) is 10.3. The minimum Gasteiger partial charge on any atom is -0.492 e. The van der Waals surface area contributed by atoms with Gasteiger partial charge < -0.3 is 19.5 Å². The van der Waals surface area contributed by atoms with Crippen molar-refractivity contribution >= 4 is 40.1 Å². The number of hydrogen-bond acceptors (Lipinski definition) is 5. The lowest BCUT2D eigenvalue weighted by molar-refractivity contribution is -0.120. The molecule has 0 unspecified atom stereocenters. The first kappa shape index (κ1) is 23.0. The smallest absolute Gasteiger partial charge is 0.297 e. The minimum absolute atomic E-state index is 0.00891. The van der Waals surface area contributed by atoms with E-state index in [0.717, 1.165) is 31.2 Å². The van der Waals surface area contributed by atoms with Crippen molar-refractivity contribution in [2.75, 3.05) is 13.2 Å². The third-order valence-corrected chi connectivity index (χ3v) is 6.05. The number of halogens is 2. The highest BCUT2D eigenvalue weighted by molar-refractivity contribution is 6.45. The molecule has 1 aliphatic rings. The monoisotopic (exact) mass is 457 g/mol. The Morgan fingerprint density at radius 2 is 1.93 bits per heavy atom. The van der Waals surface area contributed by atoms with E-state index in [1.807, 2.05) is 31.5 Å². The molecule has 1 aromatic heterocycles. The molecule has 0 saturated heterocycles. The highest BCUT2D eigenvalue weighted by atomic mass is 35.5. The number of benzene rings is 1. The number of carbonyl (C=O) groups is 1. The van der Waals surface area contributed by atoms with E-state index in [0.29, 0.717) is 40.5 Å². The fraction of sp³-hybridized carbons (Fsp3) is 0.619. The molecule has 166 valence electrons. The number of aromatic nitrogens is 2. The van der Waals surface area contributed by atoms with Crippen LogP contribution in [0, 0.1) is 0 Å². The quantitative estimate of drug-likeness (QED) is 0.630. The van der Waals surface area contributed by atoms with Crippen molar-refractivity contribution in [2.45, 2.75) is 64.7 Å². The fourth-order valence-corrected chi connectivity index (χ4v) is 4.15. The van der Waals surface area contributed by atoms with Crippen molar-refractivity contribution in [3.05, 3.63) is 16.1 Å². The van der Waals surface area contributed by atoms with Crippen LogP contribution in [0.15, 0.2) is 6.07 Å². The molecule has 1 fully saturated rings. The fourth-order valence-electron chi connectivity index (χ4n) is 3.72. The summed E-state index contributed by atoms with van der Waals surface area (Å²) in [7, 11) is 1.89. The van der Waals surface area contributed by atoms with Crippen LogP contribution in [0.3, 0.4) is 0 Å². The zero-order valence-electron chi connectivity index (χ0n) is 17.8. The Bertz CT molecular complexity index is 894. The standard InChI is InChI=1S/C21H29Cl2N3O4/c1-5-28-17-10-16-20(19(23)18(17)22)25-21(26(16)4)30-15-8-6-14(7-9-15)29-11-12(2)24-13(3)27/h10,12,14-15H,5-9,11H2,1-4H3,(H,24,27)/t12-,14?,15?/m0/s1. The van der Waals surface area contributed by atoms with Crippen LogP contribution >= 0.6 is 23.2 Å². The molecule has 2 aromatic rings. The Morgan fingerprint density at radius 1 is 1.27 bits per heavy atom. The van der Waals surface area contributed by atoms with E-state index < -0.39 is 0 Å². The van der Waals surface area contributed by atoms with E-state index >= 15 is 0 Å². The second-order valence-corrected chi connectivity index (χ2v) is 8.46. The summed E-state index contributed by atoms with van der Waals surface area (Å²) in [5.41, 5.74) is 1.42. The topological polar surface area (TPSA) is 74.6 Å². The average molecular weight is 458 g/mol. The molecule has 3 rings (SSSR count). The van der Waals surface area contributed by atoms with E-state index in [-0.39, 0.29) is 24.2 Å². The van der Waals surface area contributed by atoms with E-state index in [1.165, 1.54) is 6.92 Å². The summed E-state index contributed by atoms with van der Waals surface area (Å²) >= 11 is 12.7. The van der Waals surface area contributed by atoms with E-state index in [2.05, 4.69) is 10.3 Å². The van der Waals surface area contributed by atoms with E-state index in [4.69, 9.17) is 37.4 Å². The first-order valence-corrected chi connectivity index (χ1v) is 11.1. The Kier molecular flexibility index (Phi) is 7.71. The van der Waals surface area contributed by atoms with Gasteiger partial charge in [0.1, 0.15) is 22.4 Å². The van der Waals surface area contributed by atoms with Crippen LogP contribution in [0.2, 0.25) is 10.0 Å². The van der Waals surface area contributed by atoms with Crippen molar-refractivity contribution in [1.29, 1.82) is 0 Å². The summed E-state index contributed by atoms with van der Waals surface area (Å²) in [6.07, 6.45) is 3.81. The van der Waals surface area contributed by atoms with Crippen LogP contribution in [0.5, 0.6) is 11.8 Å². The summed E-state index contributed by atoms with van der Waals surface area (Å²) in [5.74, 6) is 0.498. The van der Waals surface area contributed by atoms with Gasteiger partial charge >= 0.3 is 0 Å². The van der Waals surface area contributed by atoms with Gasteiger partial charge in [-0.1, -0.05) is 23.2 Å². The largest absolute Gasteiger partial charge is 0.492 e. The summed E-state index contributed by atoms with van der Waals surface area (Å²) < 4.78 is 19.6. The highest BCUT2D eigenvalue weighted by Gasteiger charge is 2.26. The number of fused-ring (bicyclic) bond motifs is 1. The van der Waals surface area contributed by atoms with Crippen molar-refractivity contribution < 1.29 is 19.0 Å². The molecule has 0 aliphatic heterocycles. The number of imidazole rings is 1. The maximum atomic E-state index is 11.1. The van der Waals surface area contributed by atoms with Gasteiger partial charge in [0.25, 0.3) is 6.01 Å². The van der Waals surface area contributed by atoms with Crippen molar-refractivity contribution in [1.82, 2.24) is 14.9 Å². The van der Waals surface area contributed by atoms with Crippen LogP contribution in [0.1, 0.15) is 46.5 Å². The predicted octanol–water partition coefficient (Wildman–Crippen LogP) is 4.51. The molecule has 1 heterocycles. The molecular formula is C21H29Cl2N3O4. The van der Waals surface area contributed by atoms with E-state index in [1.54, 1.807) is 0 Å². The van der Waals surface area contributed by atoms with Gasteiger partial charge in [-0.15, -0.1) is 0 Å². The summed E-state index contributed by atoms with van der Waals surface area (Å²) in [6, 6.07) is 2.36. The second kappa shape index (κ2) is 10.1. The maximum absolute atomic E-state index is 11.1. The molecule has 1 N–H and O–H groups in total. The molecule has 0 spiro atoms. The SMILES string of the molecule is CCOc1cc2c(nc(OC3CCC(OC[C@H](C)NC(C)=O)CC3)n2C)c(Cl)c1Cl. The molecule has 0 bridgehead atoms. The first-order chi connectivity index (χ1) is 14.3. The van der Waals surface area contributed by atoms with E-state index in [9.17, 15) is 4.79 Å². The van der Waals surface area contributed by atoms with Gasteiger partial charge in [0, 0.05) is 26.1 Å². The molecule has 1 aliphatic carbocycles. The lowest BCUT2D eigenvalue weighted by atomic mass is 9.95. The zero-order valence-corrected chi connectivity index (χ0v) is 19.3. The van der Waals surface area contributed by atoms with Crippen molar-refractivity contribution in [2.24, 2.45) is 7.05 Å². The highest BCUT2D eigenvalue weighted by Crippen LogP contribution is 2.40. The van der Waals surface area contributed by atoms with Gasteiger partial charge in [0.15, 0.2) is 0 Å². The van der Waals surface area contributed by atoms with Crippen molar-refractivity contribution in [3.63, 3.8) is 0 Å². The number of nitrogens with zero attached hydrogens (tertiary/aromatic N) is 2. The third-order valence-electron chi connectivity index (χ3n) is 5.21. The minimum atomic E-state index is -0.0413. The predicted molar refractivity (Wildman–Crippen MR) is 118 cm³/mol. The average Bonchev–Trinajstić information content (AvgIpc) is 3.01. The van der Waals surface area contributed by atoms with Crippen LogP contribution < -0.4 is 14.8 Å². The molecule has 30 heavy (non-hydrogen) atoms. The number of hydrogen-bond donors (Lipinski definition) is 1. The number of amides is 1. The number of aryl methyl sites for hydroxylation is 1. The molecule has 9 heteroatoms. The number of ether oxygens (including phenoxy) is 3. The second-order valence-electron chi connectivity index (χ2n) is 7.71. The van der Waals surface area contributed by atoms with Crippen LogP contribution in [0.4, 0.5) is 0 Å². The number of rotatable bonds is 8. The molecule has 0 radical (unpaired) electrons. The van der Waals surface area contributed by atoms with Gasteiger partial charge in [-0.25, -0.2) is 0 Å². The van der Waals surface area contributed by atoms with Gasteiger partial charge in [-0.05, 0) is 39.5 Å². The molecular weight excluding hydrogens is 429 g/mol. The molecule has 7 nitrogen and oxygen atoms in total. The molecule has 1 amide bonds. The number of carbonyl (C=O) groups excluding carboxylic acids is 1. The Hall–Kier alpha value is -1.70. The zero-order chi connectivity index (χ0) is 21.8. The summed E-state index contributed by atoms with van der Waals surface area (Å²) in [5, 5.41) is 3.57. The van der Waals surface area contributed by atoms with Crippen LogP contribution in [-0.4, -0.2) is 46.9 Å². The molecule has 1 saturated carbocycles. The maximum Gasteiger partial charge on any atom is 0.297 e. The van der Waals surface area contributed by atoms with Crippen LogP contribution in [0.25, 0.3) is 11.0 Å². The lowest BCUT2D eigenvalue weighted by Gasteiger charge is -2.29. The van der Waals surface area contributed by atoms with Crippen molar-refractivity contribution in [3.8, 4) is 11.8 Å². The van der Waals surface area contributed by atoms with Gasteiger partial charge in [-0.3, -0.25) is 9.36 Å². The van der Waals surface area contributed by atoms with Gasteiger partial charge in [0.2, 0.25) is 5.91 Å². The normalized spacial score (nSPS) is 20.2. The van der Waals surface area contributed by atoms with Gasteiger partial charge in [-0.2, -0.15) is 4.98 Å². The summed E-state index contributed by atoms with van der Waals surface area (Å²) in [6.45, 7) is 6.36. The summed E-state index contributed by atoms with van der Waals surface area (Å²) in [4.78, 5) is 15.7. The Morgan fingerprint density at radius 3 is 2.57 bits per heavy atom. The lowest BCUT2D eigenvalue weighted by Crippen LogP contribution is -2.37. The Balaban J connectivity index is 1.60. The molecule has 1 atom stereocenters.